The van der Waals surface area contributed by atoms with Gasteiger partial charge in [0.25, 0.3) is 0 Å². The summed E-state index contributed by atoms with van der Waals surface area (Å²) in [6.45, 7) is 3.60. The first-order valence-corrected chi connectivity index (χ1v) is 9.06. The fourth-order valence-corrected chi connectivity index (χ4v) is 3.96. The van der Waals surface area contributed by atoms with Gasteiger partial charge >= 0.3 is 0 Å². The third-order valence-corrected chi connectivity index (χ3v) is 5.29. The topological polar surface area (TPSA) is 56.3 Å². The molecule has 2 aromatic heterocycles. The van der Waals surface area contributed by atoms with Crippen molar-refractivity contribution in [2.45, 2.75) is 44.8 Å². The van der Waals surface area contributed by atoms with Crippen LogP contribution in [-0.2, 0) is 18.3 Å². The molecule has 2 fully saturated rings. The molecule has 2 aliphatic rings. The number of hydrogen-bond donors (Lipinski definition) is 0. The molecule has 0 spiro atoms. The molecule has 130 valence electrons. The van der Waals surface area contributed by atoms with Crippen molar-refractivity contribution in [2.24, 2.45) is 13.0 Å². The number of rotatable bonds is 4. The molecule has 1 unspecified atom stereocenters. The number of ether oxygens (including phenoxy) is 1. The minimum absolute atomic E-state index is 0.389. The molecule has 3 heterocycles. The second-order valence-electron chi connectivity index (χ2n) is 7.12. The molecule has 0 N–H and O–H groups in total. The highest BCUT2D eigenvalue weighted by Crippen LogP contribution is 2.30. The summed E-state index contributed by atoms with van der Waals surface area (Å²) in [5.74, 6) is 1.65. The Hall–Kier alpha value is -1.66. The molecule has 2 aromatic rings. The SMILES string of the molecule is Cn1cc(-c2cc(CN3CCOC(C4CCCCC4)C3)on2)cn1. The summed E-state index contributed by atoms with van der Waals surface area (Å²) in [6, 6.07) is 2.03. The molecule has 0 radical (unpaired) electrons. The standard InChI is InChI=1S/C18H26N4O2/c1-21-11-15(10-19-21)17-9-16(24-20-17)12-22-7-8-23-18(13-22)14-5-3-2-4-6-14/h9-11,14,18H,2-8,12-13H2,1H3. The van der Waals surface area contributed by atoms with Crippen LogP contribution in [0, 0.1) is 5.92 Å². The Morgan fingerprint density at radius 2 is 2.12 bits per heavy atom. The Kier molecular flexibility index (Phi) is 4.67. The molecule has 1 saturated carbocycles. The quantitative estimate of drug-likeness (QED) is 0.863. The fourth-order valence-electron chi connectivity index (χ4n) is 3.96. The van der Waals surface area contributed by atoms with Gasteiger partial charge in [-0.1, -0.05) is 24.4 Å². The van der Waals surface area contributed by atoms with E-state index in [9.17, 15) is 0 Å². The van der Waals surface area contributed by atoms with Crippen LogP contribution in [-0.4, -0.2) is 45.6 Å². The highest BCUT2D eigenvalue weighted by atomic mass is 16.5. The maximum Gasteiger partial charge on any atom is 0.151 e. The lowest BCUT2D eigenvalue weighted by atomic mass is 9.84. The lowest BCUT2D eigenvalue weighted by molar-refractivity contribution is -0.0685. The van der Waals surface area contributed by atoms with Crippen LogP contribution in [0.5, 0.6) is 0 Å². The summed E-state index contributed by atoms with van der Waals surface area (Å²) in [4.78, 5) is 2.44. The molecule has 1 aliphatic heterocycles. The van der Waals surface area contributed by atoms with Crippen LogP contribution in [0.4, 0.5) is 0 Å². The van der Waals surface area contributed by atoms with Gasteiger partial charge in [-0.3, -0.25) is 9.58 Å². The molecule has 0 amide bonds. The van der Waals surface area contributed by atoms with E-state index in [4.69, 9.17) is 9.26 Å². The summed E-state index contributed by atoms with van der Waals surface area (Å²) in [5, 5.41) is 8.38. The van der Waals surface area contributed by atoms with Crippen LogP contribution in [0.25, 0.3) is 11.3 Å². The Balaban J connectivity index is 1.37. The van der Waals surface area contributed by atoms with E-state index >= 15 is 0 Å². The van der Waals surface area contributed by atoms with Crippen molar-refractivity contribution >= 4 is 0 Å². The molecule has 1 aliphatic carbocycles. The highest BCUT2D eigenvalue weighted by molar-refractivity contribution is 5.56. The van der Waals surface area contributed by atoms with Crippen LogP contribution in [0.2, 0.25) is 0 Å². The van der Waals surface area contributed by atoms with Gasteiger partial charge in [0.15, 0.2) is 5.76 Å². The summed E-state index contributed by atoms with van der Waals surface area (Å²) < 4.78 is 13.4. The largest absolute Gasteiger partial charge is 0.375 e. The van der Waals surface area contributed by atoms with Crippen molar-refractivity contribution in [3.05, 3.63) is 24.2 Å². The van der Waals surface area contributed by atoms with Gasteiger partial charge in [-0.25, -0.2) is 0 Å². The average molecular weight is 330 g/mol. The van der Waals surface area contributed by atoms with Crippen LogP contribution in [0.1, 0.15) is 37.9 Å². The molecule has 1 saturated heterocycles. The van der Waals surface area contributed by atoms with E-state index in [0.717, 1.165) is 49.2 Å². The van der Waals surface area contributed by atoms with E-state index in [1.807, 2.05) is 25.5 Å². The smallest absolute Gasteiger partial charge is 0.151 e. The van der Waals surface area contributed by atoms with Crippen LogP contribution >= 0.6 is 0 Å². The van der Waals surface area contributed by atoms with Crippen LogP contribution < -0.4 is 0 Å². The molecule has 1 atom stereocenters. The molecule has 24 heavy (non-hydrogen) atoms. The Bertz CT molecular complexity index is 660. The van der Waals surface area contributed by atoms with E-state index < -0.39 is 0 Å². The van der Waals surface area contributed by atoms with Gasteiger partial charge in [0, 0.05) is 38.0 Å². The number of aryl methyl sites for hydroxylation is 1. The predicted octanol–water partition coefficient (Wildman–Crippen LogP) is 2.86. The Morgan fingerprint density at radius 1 is 1.25 bits per heavy atom. The van der Waals surface area contributed by atoms with Gasteiger partial charge in [0.2, 0.25) is 0 Å². The molecule has 4 rings (SSSR count). The molecule has 0 bridgehead atoms. The van der Waals surface area contributed by atoms with E-state index in [0.29, 0.717) is 6.10 Å². The second-order valence-corrected chi connectivity index (χ2v) is 7.12. The molecular weight excluding hydrogens is 304 g/mol. The number of morpholine rings is 1. The van der Waals surface area contributed by atoms with Crippen molar-refractivity contribution in [2.75, 3.05) is 19.7 Å². The van der Waals surface area contributed by atoms with Gasteiger partial charge in [0.05, 0.1) is 25.5 Å². The lowest BCUT2D eigenvalue weighted by Gasteiger charge is -2.38. The highest BCUT2D eigenvalue weighted by Gasteiger charge is 2.29. The minimum atomic E-state index is 0.389. The number of aromatic nitrogens is 3. The lowest BCUT2D eigenvalue weighted by Crippen LogP contribution is -2.45. The average Bonchev–Trinajstić information content (AvgIpc) is 3.25. The first-order chi connectivity index (χ1) is 11.8. The van der Waals surface area contributed by atoms with Gasteiger partial charge in [-0.2, -0.15) is 5.10 Å². The Labute approximate surface area is 142 Å². The first kappa shape index (κ1) is 15.8. The van der Waals surface area contributed by atoms with E-state index in [-0.39, 0.29) is 0 Å². The van der Waals surface area contributed by atoms with Gasteiger partial charge in [0.1, 0.15) is 5.69 Å². The minimum Gasteiger partial charge on any atom is -0.375 e. The normalized spacial score (nSPS) is 23.6. The van der Waals surface area contributed by atoms with E-state index in [1.165, 1.54) is 32.1 Å². The van der Waals surface area contributed by atoms with Gasteiger partial charge < -0.3 is 9.26 Å². The zero-order valence-electron chi connectivity index (χ0n) is 14.4. The third-order valence-electron chi connectivity index (χ3n) is 5.29. The van der Waals surface area contributed by atoms with Gasteiger partial charge in [-0.05, 0) is 18.8 Å². The number of nitrogens with zero attached hydrogens (tertiary/aromatic N) is 4. The molecule has 6 heteroatoms. The van der Waals surface area contributed by atoms with Crippen LogP contribution in [0.3, 0.4) is 0 Å². The summed E-state index contributed by atoms with van der Waals surface area (Å²) >= 11 is 0. The second kappa shape index (κ2) is 7.07. The molecule has 0 aromatic carbocycles. The fraction of sp³-hybridized carbons (Fsp3) is 0.667. The van der Waals surface area contributed by atoms with Crippen molar-refractivity contribution in [3.8, 4) is 11.3 Å². The molecular formula is C18H26N4O2. The van der Waals surface area contributed by atoms with Crippen LogP contribution in [0.15, 0.2) is 23.0 Å². The van der Waals surface area contributed by atoms with Crippen molar-refractivity contribution < 1.29 is 9.26 Å². The van der Waals surface area contributed by atoms with Gasteiger partial charge in [-0.15, -0.1) is 0 Å². The Morgan fingerprint density at radius 3 is 2.92 bits per heavy atom. The first-order valence-electron chi connectivity index (χ1n) is 9.06. The maximum atomic E-state index is 6.06. The summed E-state index contributed by atoms with van der Waals surface area (Å²) in [5.41, 5.74) is 1.85. The summed E-state index contributed by atoms with van der Waals surface area (Å²) in [6.07, 6.45) is 10.9. The van der Waals surface area contributed by atoms with E-state index in [1.54, 1.807) is 4.68 Å². The van der Waals surface area contributed by atoms with Crippen molar-refractivity contribution in [1.82, 2.24) is 19.8 Å². The van der Waals surface area contributed by atoms with Crippen molar-refractivity contribution in [3.63, 3.8) is 0 Å². The summed E-state index contributed by atoms with van der Waals surface area (Å²) in [7, 11) is 1.91. The zero-order chi connectivity index (χ0) is 16.4. The predicted molar refractivity (Wildman–Crippen MR) is 90.3 cm³/mol. The molecule has 6 nitrogen and oxygen atoms in total. The number of hydrogen-bond acceptors (Lipinski definition) is 5. The monoisotopic (exact) mass is 330 g/mol. The van der Waals surface area contributed by atoms with Crippen molar-refractivity contribution in [1.29, 1.82) is 0 Å². The zero-order valence-corrected chi connectivity index (χ0v) is 14.4. The third kappa shape index (κ3) is 3.54. The van der Waals surface area contributed by atoms with E-state index in [2.05, 4.69) is 15.2 Å². The maximum absolute atomic E-state index is 6.06.